The Morgan fingerprint density at radius 3 is 2.52 bits per heavy atom. The molecule has 1 aromatic carbocycles. The van der Waals surface area contributed by atoms with Crippen molar-refractivity contribution in [1.29, 1.82) is 0 Å². The summed E-state index contributed by atoms with van der Waals surface area (Å²) < 4.78 is 9.92. The van der Waals surface area contributed by atoms with Crippen LogP contribution in [0, 0.1) is 0 Å². The molecule has 0 spiro atoms. The Morgan fingerprint density at radius 2 is 1.95 bits per heavy atom. The number of carbonyl (C=O) groups is 2. The topological polar surface area (TPSA) is 55.8 Å². The fourth-order valence-electron chi connectivity index (χ4n) is 1.73. The van der Waals surface area contributed by atoms with Crippen LogP contribution in [0.2, 0.25) is 0 Å². The van der Waals surface area contributed by atoms with Gasteiger partial charge >= 0.3 is 5.97 Å². The van der Waals surface area contributed by atoms with Gasteiger partial charge in [0.1, 0.15) is 12.4 Å². The van der Waals surface area contributed by atoms with Gasteiger partial charge in [0.15, 0.2) is 0 Å². The van der Waals surface area contributed by atoms with E-state index in [9.17, 15) is 9.59 Å². The molecule has 1 rings (SSSR count). The van der Waals surface area contributed by atoms with E-state index in [-0.39, 0.29) is 11.9 Å². The molecule has 0 fully saturated rings. The first kappa shape index (κ1) is 16.8. The van der Waals surface area contributed by atoms with Crippen molar-refractivity contribution in [2.24, 2.45) is 0 Å². The molecule has 0 aromatic heterocycles. The molecule has 0 bridgehead atoms. The molecule has 0 aliphatic heterocycles. The van der Waals surface area contributed by atoms with E-state index in [1.54, 1.807) is 42.3 Å². The van der Waals surface area contributed by atoms with Crippen molar-refractivity contribution in [2.45, 2.75) is 12.8 Å². The van der Waals surface area contributed by atoms with Crippen LogP contribution in [0.1, 0.15) is 23.2 Å². The van der Waals surface area contributed by atoms with E-state index < -0.39 is 0 Å². The van der Waals surface area contributed by atoms with Crippen LogP contribution >= 0.6 is 0 Å². The van der Waals surface area contributed by atoms with Crippen LogP contribution in [0.15, 0.2) is 36.9 Å². The van der Waals surface area contributed by atoms with E-state index in [2.05, 4.69) is 11.3 Å². The second-order valence-corrected chi connectivity index (χ2v) is 4.53. The zero-order chi connectivity index (χ0) is 15.7. The zero-order valence-corrected chi connectivity index (χ0v) is 12.5. The molecule has 0 saturated heterocycles. The van der Waals surface area contributed by atoms with Crippen molar-refractivity contribution in [3.05, 3.63) is 42.5 Å². The maximum atomic E-state index is 12.2. The number of rotatable bonds is 8. The molecule has 114 valence electrons. The summed E-state index contributed by atoms with van der Waals surface area (Å²) in [4.78, 5) is 24.8. The summed E-state index contributed by atoms with van der Waals surface area (Å²) >= 11 is 0. The highest BCUT2D eigenvalue weighted by atomic mass is 16.5. The predicted octanol–water partition coefficient (Wildman–Crippen LogP) is 2.28. The van der Waals surface area contributed by atoms with Crippen molar-refractivity contribution in [1.82, 2.24) is 4.90 Å². The van der Waals surface area contributed by atoms with E-state index in [1.165, 1.54) is 7.11 Å². The largest absolute Gasteiger partial charge is 0.490 e. The van der Waals surface area contributed by atoms with Gasteiger partial charge in [0.2, 0.25) is 0 Å². The maximum Gasteiger partial charge on any atom is 0.305 e. The average molecular weight is 291 g/mol. The van der Waals surface area contributed by atoms with E-state index in [1.807, 2.05) is 0 Å². The summed E-state index contributed by atoms with van der Waals surface area (Å²) in [6.07, 6.45) is 2.55. The molecule has 5 heteroatoms. The van der Waals surface area contributed by atoms with E-state index in [4.69, 9.17) is 4.74 Å². The van der Waals surface area contributed by atoms with Gasteiger partial charge in [-0.1, -0.05) is 12.7 Å². The first-order valence-corrected chi connectivity index (χ1v) is 6.74. The molecule has 0 saturated carbocycles. The number of ether oxygens (including phenoxy) is 2. The van der Waals surface area contributed by atoms with Gasteiger partial charge in [-0.15, -0.1) is 0 Å². The summed E-state index contributed by atoms with van der Waals surface area (Å²) in [5.74, 6) is 0.342. The third-order valence-electron chi connectivity index (χ3n) is 2.92. The van der Waals surface area contributed by atoms with Crippen molar-refractivity contribution < 1.29 is 19.1 Å². The van der Waals surface area contributed by atoms with Crippen LogP contribution in [0.3, 0.4) is 0 Å². The number of carbonyl (C=O) groups excluding carboxylic acids is 2. The number of methoxy groups -OCH3 is 1. The van der Waals surface area contributed by atoms with Gasteiger partial charge in [-0.3, -0.25) is 9.59 Å². The van der Waals surface area contributed by atoms with Gasteiger partial charge in [-0.25, -0.2) is 0 Å². The van der Waals surface area contributed by atoms with Crippen LogP contribution in [0.5, 0.6) is 5.75 Å². The summed E-state index contributed by atoms with van der Waals surface area (Å²) in [7, 11) is 3.06. The third kappa shape index (κ3) is 5.69. The quantitative estimate of drug-likeness (QED) is 0.544. The lowest BCUT2D eigenvalue weighted by Gasteiger charge is -2.17. The number of benzene rings is 1. The second-order valence-electron chi connectivity index (χ2n) is 4.53. The normalized spacial score (nSPS) is 9.81. The van der Waals surface area contributed by atoms with Gasteiger partial charge in [0, 0.05) is 25.6 Å². The first-order chi connectivity index (χ1) is 10.1. The van der Waals surface area contributed by atoms with Crippen LogP contribution in [0.4, 0.5) is 0 Å². The summed E-state index contributed by atoms with van der Waals surface area (Å²) in [5, 5.41) is 0. The molecule has 0 heterocycles. The first-order valence-electron chi connectivity index (χ1n) is 6.74. The predicted molar refractivity (Wildman–Crippen MR) is 80.3 cm³/mol. The molecule has 1 amide bonds. The molecular formula is C16H21NO4. The molecule has 0 atom stereocenters. The Labute approximate surface area is 125 Å². The Bertz CT molecular complexity index is 482. The highest BCUT2D eigenvalue weighted by Gasteiger charge is 2.12. The van der Waals surface area contributed by atoms with Crippen molar-refractivity contribution in [2.75, 3.05) is 27.3 Å². The van der Waals surface area contributed by atoms with E-state index >= 15 is 0 Å². The summed E-state index contributed by atoms with van der Waals surface area (Å²) in [6.45, 7) is 4.51. The summed E-state index contributed by atoms with van der Waals surface area (Å²) in [6, 6.07) is 6.94. The highest BCUT2D eigenvalue weighted by molar-refractivity contribution is 5.94. The number of esters is 1. The van der Waals surface area contributed by atoms with Crippen molar-refractivity contribution >= 4 is 11.9 Å². The van der Waals surface area contributed by atoms with Crippen molar-refractivity contribution in [3.8, 4) is 5.75 Å². The molecule has 0 N–H and O–H groups in total. The molecule has 0 aliphatic carbocycles. The number of amides is 1. The zero-order valence-electron chi connectivity index (χ0n) is 12.5. The van der Waals surface area contributed by atoms with E-state index in [0.29, 0.717) is 37.3 Å². The highest BCUT2D eigenvalue weighted by Crippen LogP contribution is 2.13. The van der Waals surface area contributed by atoms with Crippen LogP contribution in [0.25, 0.3) is 0 Å². The fraction of sp³-hybridized carbons (Fsp3) is 0.375. The number of hydrogen-bond acceptors (Lipinski definition) is 4. The monoisotopic (exact) mass is 291 g/mol. The van der Waals surface area contributed by atoms with E-state index in [0.717, 1.165) is 0 Å². The summed E-state index contributed by atoms with van der Waals surface area (Å²) in [5.41, 5.74) is 0.585. The lowest BCUT2D eigenvalue weighted by molar-refractivity contribution is -0.140. The smallest absolute Gasteiger partial charge is 0.305 e. The second kappa shape index (κ2) is 8.79. The minimum Gasteiger partial charge on any atom is -0.490 e. The standard InChI is InChI=1S/C16H21NO4/c1-4-12-21-14-9-7-13(8-10-14)16(19)17(2)11-5-6-15(18)20-3/h4,7-10H,1,5-6,11-12H2,2-3H3. The SMILES string of the molecule is C=CCOc1ccc(C(=O)N(C)CCCC(=O)OC)cc1. The fourth-order valence-corrected chi connectivity index (χ4v) is 1.73. The van der Waals surface area contributed by atoms with Gasteiger partial charge in [0.05, 0.1) is 7.11 Å². The van der Waals surface area contributed by atoms with Crippen LogP contribution < -0.4 is 4.74 Å². The Morgan fingerprint density at radius 1 is 1.29 bits per heavy atom. The minimum absolute atomic E-state index is 0.0878. The maximum absolute atomic E-state index is 12.2. The lowest BCUT2D eigenvalue weighted by Crippen LogP contribution is -2.28. The number of nitrogens with zero attached hydrogens (tertiary/aromatic N) is 1. The Balaban J connectivity index is 2.49. The molecular weight excluding hydrogens is 270 g/mol. The third-order valence-corrected chi connectivity index (χ3v) is 2.92. The molecule has 0 aliphatic rings. The van der Waals surface area contributed by atoms with Crippen LogP contribution in [-0.4, -0.2) is 44.1 Å². The Kier molecular flexibility index (Phi) is 7.01. The molecule has 5 nitrogen and oxygen atoms in total. The van der Waals surface area contributed by atoms with Gasteiger partial charge in [0.25, 0.3) is 5.91 Å². The number of hydrogen-bond donors (Lipinski definition) is 0. The molecule has 21 heavy (non-hydrogen) atoms. The Hall–Kier alpha value is -2.30. The minimum atomic E-state index is -0.264. The van der Waals surface area contributed by atoms with Gasteiger partial charge < -0.3 is 14.4 Å². The average Bonchev–Trinajstić information content (AvgIpc) is 2.52. The molecule has 0 radical (unpaired) electrons. The molecule has 1 aromatic rings. The van der Waals surface area contributed by atoms with Gasteiger partial charge in [-0.2, -0.15) is 0 Å². The van der Waals surface area contributed by atoms with Gasteiger partial charge in [-0.05, 0) is 30.7 Å². The van der Waals surface area contributed by atoms with Crippen molar-refractivity contribution in [3.63, 3.8) is 0 Å². The van der Waals surface area contributed by atoms with Crippen LogP contribution in [-0.2, 0) is 9.53 Å². The lowest BCUT2D eigenvalue weighted by atomic mass is 10.2. The molecule has 0 unspecified atom stereocenters.